The molecule has 2 saturated heterocycles. The molecule has 156 valence electrons. The van der Waals surface area contributed by atoms with Crippen molar-refractivity contribution in [3.63, 3.8) is 0 Å². The Balaban J connectivity index is 1.41. The van der Waals surface area contributed by atoms with E-state index in [4.69, 9.17) is 0 Å². The minimum atomic E-state index is -3.25. The normalized spacial score (nSPS) is 19.8. The molecule has 0 atom stereocenters. The number of hydrogen-bond acceptors (Lipinski definition) is 4. The van der Waals surface area contributed by atoms with Crippen LogP contribution in [0.2, 0.25) is 0 Å². The highest BCUT2D eigenvalue weighted by Gasteiger charge is 2.25. The van der Waals surface area contributed by atoms with Gasteiger partial charge in [-0.05, 0) is 75.4 Å². The molecule has 0 radical (unpaired) electrons. The van der Waals surface area contributed by atoms with Gasteiger partial charge in [0.25, 0.3) is 5.91 Å². The first-order chi connectivity index (χ1) is 13.4. The van der Waals surface area contributed by atoms with Gasteiger partial charge in [-0.2, -0.15) is 0 Å². The average Bonchev–Trinajstić information content (AvgIpc) is 3.23. The lowest BCUT2D eigenvalue weighted by atomic mass is 9.99. The van der Waals surface area contributed by atoms with Crippen molar-refractivity contribution in [3.8, 4) is 0 Å². The van der Waals surface area contributed by atoms with Crippen molar-refractivity contribution in [2.75, 3.05) is 39.3 Å². The Labute approximate surface area is 169 Å². The number of amides is 1. The lowest BCUT2D eigenvalue weighted by Gasteiger charge is -2.30. The summed E-state index contributed by atoms with van der Waals surface area (Å²) < 4.78 is 26.3. The fourth-order valence-corrected chi connectivity index (χ4v) is 5.52. The number of hydrogen-bond donors (Lipinski definition) is 1. The molecule has 0 bridgehead atoms. The summed E-state index contributed by atoms with van der Waals surface area (Å²) >= 11 is 0. The van der Waals surface area contributed by atoms with Crippen LogP contribution in [0.4, 0.5) is 0 Å². The first kappa shape index (κ1) is 21.3. The lowest BCUT2D eigenvalue weighted by Crippen LogP contribution is -2.35. The summed E-state index contributed by atoms with van der Waals surface area (Å²) in [4.78, 5) is 14.8. The maximum Gasteiger partial charge on any atom is 0.251 e. The maximum absolute atomic E-state index is 12.4. The van der Waals surface area contributed by atoms with Gasteiger partial charge in [0.05, 0.1) is 5.75 Å². The highest BCUT2D eigenvalue weighted by molar-refractivity contribution is 7.88. The van der Waals surface area contributed by atoms with E-state index in [9.17, 15) is 13.2 Å². The van der Waals surface area contributed by atoms with E-state index in [1.165, 1.54) is 12.8 Å². The Hall–Kier alpha value is -1.44. The van der Waals surface area contributed by atoms with Crippen molar-refractivity contribution in [2.24, 2.45) is 5.92 Å². The van der Waals surface area contributed by atoms with E-state index in [1.807, 2.05) is 0 Å². The Morgan fingerprint density at radius 3 is 2.36 bits per heavy atom. The van der Waals surface area contributed by atoms with Crippen LogP contribution < -0.4 is 5.32 Å². The summed E-state index contributed by atoms with van der Waals surface area (Å²) in [5.74, 6) is 0.745. The number of likely N-dealkylation sites (tertiary alicyclic amines) is 1. The third-order valence-corrected chi connectivity index (χ3v) is 7.69. The third kappa shape index (κ3) is 6.03. The lowest BCUT2D eigenvalue weighted by molar-refractivity contribution is 0.0950. The molecular formula is C21H33N3O3S. The number of sulfonamides is 1. The SMILES string of the molecule is CC1CCN(CCCNC(=O)c2ccc(CS(=O)(=O)N3CCCC3)cc2)CC1. The second kappa shape index (κ2) is 9.85. The predicted octanol–water partition coefficient (Wildman–Crippen LogP) is 2.46. The van der Waals surface area contributed by atoms with E-state index in [-0.39, 0.29) is 11.7 Å². The van der Waals surface area contributed by atoms with Crippen molar-refractivity contribution in [1.82, 2.24) is 14.5 Å². The number of rotatable bonds is 8. The molecule has 6 nitrogen and oxygen atoms in total. The molecule has 7 heteroatoms. The van der Waals surface area contributed by atoms with Crippen LogP contribution in [0.3, 0.4) is 0 Å². The molecule has 1 aromatic rings. The third-order valence-electron chi connectivity index (χ3n) is 5.84. The number of nitrogens with one attached hydrogen (secondary N) is 1. The second-order valence-electron chi connectivity index (χ2n) is 8.19. The highest BCUT2D eigenvalue weighted by atomic mass is 32.2. The predicted molar refractivity (Wildman–Crippen MR) is 112 cm³/mol. The van der Waals surface area contributed by atoms with Crippen molar-refractivity contribution in [2.45, 2.75) is 44.8 Å². The van der Waals surface area contributed by atoms with Crippen molar-refractivity contribution in [1.29, 1.82) is 0 Å². The number of carbonyl (C=O) groups is 1. The van der Waals surface area contributed by atoms with Crippen LogP contribution in [0, 0.1) is 5.92 Å². The molecule has 28 heavy (non-hydrogen) atoms. The maximum atomic E-state index is 12.4. The minimum Gasteiger partial charge on any atom is -0.352 e. The van der Waals surface area contributed by atoms with Gasteiger partial charge in [-0.25, -0.2) is 12.7 Å². The Bertz CT molecular complexity index is 735. The zero-order valence-electron chi connectivity index (χ0n) is 16.9. The monoisotopic (exact) mass is 407 g/mol. The zero-order valence-corrected chi connectivity index (χ0v) is 17.7. The summed E-state index contributed by atoms with van der Waals surface area (Å²) in [7, 11) is -3.25. The molecule has 2 heterocycles. The Morgan fingerprint density at radius 2 is 1.71 bits per heavy atom. The molecule has 0 spiro atoms. The van der Waals surface area contributed by atoms with E-state index in [0.717, 1.165) is 50.4 Å². The first-order valence-electron chi connectivity index (χ1n) is 10.5. The van der Waals surface area contributed by atoms with Crippen LogP contribution in [-0.2, 0) is 15.8 Å². The van der Waals surface area contributed by atoms with Gasteiger partial charge >= 0.3 is 0 Å². The van der Waals surface area contributed by atoms with Crippen LogP contribution in [0.5, 0.6) is 0 Å². The highest BCUT2D eigenvalue weighted by Crippen LogP contribution is 2.18. The number of nitrogens with zero attached hydrogens (tertiary/aromatic N) is 2. The molecule has 1 aromatic carbocycles. The van der Waals surface area contributed by atoms with E-state index in [0.29, 0.717) is 25.2 Å². The van der Waals surface area contributed by atoms with Crippen molar-refractivity contribution in [3.05, 3.63) is 35.4 Å². The summed E-state index contributed by atoms with van der Waals surface area (Å²) in [6.45, 7) is 7.58. The molecule has 0 aliphatic carbocycles. The van der Waals surface area contributed by atoms with Gasteiger partial charge in [0.1, 0.15) is 0 Å². The molecule has 0 saturated carbocycles. The van der Waals surface area contributed by atoms with Gasteiger partial charge in [-0.15, -0.1) is 0 Å². The molecule has 1 N–H and O–H groups in total. The molecule has 0 aromatic heterocycles. The molecule has 2 aliphatic heterocycles. The van der Waals surface area contributed by atoms with Gasteiger partial charge in [-0.3, -0.25) is 4.79 Å². The van der Waals surface area contributed by atoms with Crippen molar-refractivity contribution >= 4 is 15.9 Å². The Kier molecular flexibility index (Phi) is 7.48. The van der Waals surface area contributed by atoms with Crippen LogP contribution >= 0.6 is 0 Å². The van der Waals surface area contributed by atoms with Crippen molar-refractivity contribution < 1.29 is 13.2 Å². The summed E-state index contributed by atoms with van der Waals surface area (Å²) in [5, 5.41) is 2.97. The smallest absolute Gasteiger partial charge is 0.251 e. The van der Waals surface area contributed by atoms with E-state index in [1.54, 1.807) is 28.6 Å². The topological polar surface area (TPSA) is 69.7 Å². The number of benzene rings is 1. The fourth-order valence-electron chi connectivity index (χ4n) is 3.91. The van der Waals surface area contributed by atoms with Crippen LogP contribution in [0.1, 0.15) is 54.9 Å². The van der Waals surface area contributed by atoms with Gasteiger partial charge in [0.15, 0.2) is 0 Å². The quantitative estimate of drug-likeness (QED) is 0.672. The molecular weight excluding hydrogens is 374 g/mol. The molecule has 0 unspecified atom stereocenters. The number of carbonyl (C=O) groups excluding carboxylic acids is 1. The van der Waals surface area contributed by atoms with E-state index in [2.05, 4.69) is 17.1 Å². The first-order valence-corrected chi connectivity index (χ1v) is 12.1. The van der Waals surface area contributed by atoms with Crippen LogP contribution in [0.25, 0.3) is 0 Å². The van der Waals surface area contributed by atoms with Gasteiger partial charge in [-0.1, -0.05) is 19.1 Å². The van der Waals surface area contributed by atoms with Gasteiger partial charge in [0, 0.05) is 25.2 Å². The van der Waals surface area contributed by atoms with Crippen LogP contribution in [0.15, 0.2) is 24.3 Å². The van der Waals surface area contributed by atoms with Crippen LogP contribution in [-0.4, -0.2) is 62.8 Å². The molecule has 1 amide bonds. The summed E-state index contributed by atoms with van der Waals surface area (Å²) in [5.41, 5.74) is 1.30. The van der Waals surface area contributed by atoms with Gasteiger partial charge < -0.3 is 10.2 Å². The average molecular weight is 408 g/mol. The zero-order chi connectivity index (χ0) is 20.0. The largest absolute Gasteiger partial charge is 0.352 e. The standard InChI is InChI=1S/C21H33N3O3S/c1-18-9-15-23(16-10-18)12-4-11-22-21(25)20-7-5-19(6-8-20)17-28(26,27)24-13-2-3-14-24/h5-8,18H,2-4,9-17H2,1H3,(H,22,25). The summed E-state index contributed by atoms with van der Waals surface area (Å²) in [6.07, 6.45) is 5.37. The fraction of sp³-hybridized carbons (Fsp3) is 0.667. The van der Waals surface area contributed by atoms with E-state index < -0.39 is 10.0 Å². The van der Waals surface area contributed by atoms with Gasteiger partial charge in [0.2, 0.25) is 10.0 Å². The Morgan fingerprint density at radius 1 is 1.07 bits per heavy atom. The number of piperidine rings is 1. The molecule has 2 aliphatic rings. The van der Waals surface area contributed by atoms with E-state index >= 15 is 0 Å². The second-order valence-corrected chi connectivity index (χ2v) is 10.2. The molecule has 3 rings (SSSR count). The minimum absolute atomic E-state index is 0.00332. The molecule has 2 fully saturated rings. The summed E-state index contributed by atoms with van der Waals surface area (Å²) in [6, 6.07) is 6.93.